The number of urea groups is 2. The van der Waals surface area contributed by atoms with E-state index in [9.17, 15) is 9.59 Å². The molecule has 5 nitrogen and oxygen atoms in total. The van der Waals surface area contributed by atoms with E-state index in [1.165, 1.54) is 10.5 Å². The van der Waals surface area contributed by atoms with Crippen molar-refractivity contribution in [1.29, 1.82) is 0 Å². The molecule has 0 aromatic heterocycles. The summed E-state index contributed by atoms with van der Waals surface area (Å²) in [7, 11) is 0. The number of halogens is 1. The number of nitrogens with one attached hydrogen (secondary N) is 1. The van der Waals surface area contributed by atoms with Crippen LogP contribution in [0.4, 0.5) is 9.59 Å². The van der Waals surface area contributed by atoms with Crippen molar-refractivity contribution in [1.82, 2.24) is 15.1 Å². The molecule has 1 aromatic rings. The number of hydrogen-bond acceptors (Lipinski definition) is 2. The van der Waals surface area contributed by atoms with Crippen molar-refractivity contribution in [3.05, 3.63) is 34.9 Å². The van der Waals surface area contributed by atoms with Crippen LogP contribution in [0.25, 0.3) is 0 Å². The number of likely N-dealkylation sites (tertiary alicyclic amines) is 1. The number of hydrogen-bond donors (Lipinski definition) is 1. The Morgan fingerprint density at radius 3 is 2.64 bits per heavy atom. The Balaban J connectivity index is 1.73. The molecular weight excluding hydrogens is 302 g/mol. The summed E-state index contributed by atoms with van der Waals surface area (Å²) in [5.74, 6) is 0.300. The van der Waals surface area contributed by atoms with Crippen LogP contribution >= 0.6 is 11.6 Å². The summed E-state index contributed by atoms with van der Waals surface area (Å²) in [5, 5.41) is 3.40. The first-order valence-corrected chi connectivity index (χ1v) is 8.12. The average molecular weight is 322 g/mol. The molecule has 22 heavy (non-hydrogen) atoms. The average Bonchev–Trinajstić information content (AvgIpc) is 2.80. The molecule has 118 valence electrons. The van der Waals surface area contributed by atoms with Crippen molar-refractivity contribution in [2.45, 2.75) is 25.2 Å². The van der Waals surface area contributed by atoms with E-state index in [-0.39, 0.29) is 12.1 Å². The van der Waals surface area contributed by atoms with Gasteiger partial charge in [0.1, 0.15) is 0 Å². The van der Waals surface area contributed by atoms with Crippen LogP contribution < -0.4 is 5.32 Å². The van der Waals surface area contributed by atoms with Gasteiger partial charge in [0.05, 0.1) is 0 Å². The van der Waals surface area contributed by atoms with E-state index in [1.807, 2.05) is 29.2 Å². The van der Waals surface area contributed by atoms with Crippen LogP contribution in [0.1, 0.15) is 30.7 Å². The van der Waals surface area contributed by atoms with Crippen LogP contribution in [0.15, 0.2) is 24.3 Å². The summed E-state index contributed by atoms with van der Waals surface area (Å²) in [6, 6.07) is 7.39. The maximum absolute atomic E-state index is 12.6. The van der Waals surface area contributed by atoms with Gasteiger partial charge in [-0.2, -0.15) is 0 Å². The van der Waals surface area contributed by atoms with Gasteiger partial charge in [0, 0.05) is 37.1 Å². The minimum Gasteiger partial charge on any atom is -0.336 e. The number of imide groups is 1. The minimum absolute atomic E-state index is 0.170. The number of amides is 4. The van der Waals surface area contributed by atoms with Crippen LogP contribution in [0.2, 0.25) is 5.02 Å². The standard InChI is InChI=1S/C16H20ClN3O2/c17-14-6-4-12(5-7-14)13-3-1-2-9-19(11-13)16(22)20-10-8-18-15(20)21/h4-7,13H,1-3,8-11H2,(H,18,21)/t13-/m0/s1. The largest absolute Gasteiger partial charge is 0.336 e. The molecule has 1 atom stereocenters. The highest BCUT2D eigenvalue weighted by Crippen LogP contribution is 2.28. The van der Waals surface area contributed by atoms with Crippen LogP contribution in [0.3, 0.4) is 0 Å². The second-order valence-electron chi connectivity index (χ2n) is 5.86. The molecule has 0 bridgehead atoms. The molecule has 2 aliphatic rings. The third-order valence-electron chi connectivity index (χ3n) is 4.37. The van der Waals surface area contributed by atoms with Gasteiger partial charge in [0.25, 0.3) is 0 Å². The van der Waals surface area contributed by atoms with E-state index in [2.05, 4.69) is 5.32 Å². The van der Waals surface area contributed by atoms with Crippen molar-refractivity contribution in [2.75, 3.05) is 26.2 Å². The monoisotopic (exact) mass is 321 g/mol. The highest BCUT2D eigenvalue weighted by molar-refractivity contribution is 6.30. The Morgan fingerprint density at radius 2 is 1.95 bits per heavy atom. The molecule has 0 saturated carbocycles. The lowest BCUT2D eigenvalue weighted by atomic mass is 9.94. The summed E-state index contributed by atoms with van der Waals surface area (Å²) in [6.45, 7) is 2.37. The molecule has 2 saturated heterocycles. The van der Waals surface area contributed by atoms with Gasteiger partial charge in [0.2, 0.25) is 0 Å². The lowest BCUT2D eigenvalue weighted by Gasteiger charge is -2.27. The van der Waals surface area contributed by atoms with Gasteiger partial charge < -0.3 is 10.2 Å². The molecule has 0 aliphatic carbocycles. The fourth-order valence-electron chi connectivity index (χ4n) is 3.15. The molecule has 2 fully saturated rings. The molecule has 0 unspecified atom stereocenters. The summed E-state index contributed by atoms with van der Waals surface area (Å²) >= 11 is 5.95. The van der Waals surface area contributed by atoms with Gasteiger partial charge in [-0.3, -0.25) is 0 Å². The van der Waals surface area contributed by atoms with Gasteiger partial charge in [0.15, 0.2) is 0 Å². The van der Waals surface area contributed by atoms with Gasteiger partial charge in [-0.15, -0.1) is 0 Å². The predicted molar refractivity (Wildman–Crippen MR) is 85.1 cm³/mol. The fourth-order valence-corrected chi connectivity index (χ4v) is 3.27. The molecule has 1 N–H and O–H groups in total. The summed E-state index contributed by atoms with van der Waals surface area (Å²) < 4.78 is 0. The van der Waals surface area contributed by atoms with Gasteiger partial charge >= 0.3 is 12.1 Å². The third kappa shape index (κ3) is 3.19. The maximum atomic E-state index is 12.6. The quantitative estimate of drug-likeness (QED) is 0.864. The second kappa shape index (κ2) is 6.57. The molecule has 1 aromatic carbocycles. The van der Waals surface area contributed by atoms with Crippen LogP contribution in [0, 0.1) is 0 Å². The molecule has 6 heteroatoms. The van der Waals surface area contributed by atoms with E-state index in [0.717, 1.165) is 24.3 Å². The molecule has 2 heterocycles. The van der Waals surface area contributed by atoms with Crippen LogP contribution in [0.5, 0.6) is 0 Å². The maximum Gasteiger partial charge on any atom is 0.328 e. The summed E-state index contributed by atoms with van der Waals surface area (Å²) in [4.78, 5) is 27.4. The summed E-state index contributed by atoms with van der Waals surface area (Å²) in [5.41, 5.74) is 1.20. The predicted octanol–water partition coefficient (Wildman–Crippen LogP) is 3.05. The third-order valence-corrected chi connectivity index (χ3v) is 4.62. The van der Waals surface area contributed by atoms with E-state index >= 15 is 0 Å². The number of carbonyl (C=O) groups is 2. The van der Waals surface area contributed by atoms with Crippen molar-refractivity contribution in [2.24, 2.45) is 0 Å². The lowest BCUT2D eigenvalue weighted by Crippen LogP contribution is -2.45. The van der Waals surface area contributed by atoms with Crippen LogP contribution in [-0.2, 0) is 0 Å². The lowest BCUT2D eigenvalue weighted by molar-refractivity contribution is 0.163. The number of carbonyl (C=O) groups excluding carboxylic acids is 2. The van der Waals surface area contributed by atoms with Crippen molar-refractivity contribution >= 4 is 23.7 Å². The first-order chi connectivity index (χ1) is 10.6. The SMILES string of the molecule is O=C1NCCN1C(=O)N1CCCC[C@H](c2ccc(Cl)cc2)C1. The summed E-state index contributed by atoms with van der Waals surface area (Å²) in [6.07, 6.45) is 3.12. The van der Waals surface area contributed by atoms with E-state index in [1.54, 1.807) is 0 Å². The zero-order chi connectivity index (χ0) is 15.5. The molecule has 0 radical (unpaired) electrons. The Labute approximate surface area is 135 Å². The number of benzene rings is 1. The molecular formula is C16H20ClN3O2. The minimum atomic E-state index is -0.280. The number of rotatable bonds is 1. The zero-order valence-corrected chi connectivity index (χ0v) is 13.2. The van der Waals surface area contributed by atoms with Crippen molar-refractivity contribution in [3.63, 3.8) is 0 Å². The van der Waals surface area contributed by atoms with Crippen LogP contribution in [-0.4, -0.2) is 48.0 Å². The van der Waals surface area contributed by atoms with Gasteiger partial charge in [-0.1, -0.05) is 30.2 Å². The highest BCUT2D eigenvalue weighted by Gasteiger charge is 2.32. The molecule has 0 spiro atoms. The number of nitrogens with zero attached hydrogens (tertiary/aromatic N) is 2. The Kier molecular flexibility index (Phi) is 4.52. The molecule has 2 aliphatic heterocycles. The highest BCUT2D eigenvalue weighted by atomic mass is 35.5. The zero-order valence-electron chi connectivity index (χ0n) is 12.4. The molecule has 3 rings (SSSR count). The van der Waals surface area contributed by atoms with Crippen molar-refractivity contribution in [3.8, 4) is 0 Å². The van der Waals surface area contributed by atoms with Gasteiger partial charge in [-0.05, 0) is 30.5 Å². The normalized spacial score (nSPS) is 22.4. The van der Waals surface area contributed by atoms with E-state index in [4.69, 9.17) is 11.6 Å². The van der Waals surface area contributed by atoms with E-state index < -0.39 is 0 Å². The first-order valence-electron chi connectivity index (χ1n) is 7.75. The fraction of sp³-hybridized carbons (Fsp3) is 0.500. The van der Waals surface area contributed by atoms with Crippen molar-refractivity contribution < 1.29 is 9.59 Å². The van der Waals surface area contributed by atoms with Gasteiger partial charge in [-0.25, -0.2) is 14.5 Å². The second-order valence-corrected chi connectivity index (χ2v) is 6.29. The Morgan fingerprint density at radius 1 is 1.18 bits per heavy atom. The van der Waals surface area contributed by atoms with E-state index in [0.29, 0.717) is 32.1 Å². The smallest absolute Gasteiger partial charge is 0.328 e. The Hall–Kier alpha value is -1.75. The topological polar surface area (TPSA) is 52.7 Å². The first kappa shape index (κ1) is 15.2. The molecule has 4 amide bonds. The Bertz CT molecular complexity index is 561.